The molecule has 0 spiro atoms. The minimum Gasteiger partial charge on any atom is -0.326 e. The molecule has 0 aromatic heterocycles. The molecule has 0 aliphatic carbocycles. The van der Waals surface area contributed by atoms with E-state index >= 15 is 0 Å². The lowest BCUT2D eigenvalue weighted by Crippen LogP contribution is -2.23. The van der Waals surface area contributed by atoms with Crippen LogP contribution in [0, 0.1) is 0 Å². The van der Waals surface area contributed by atoms with Crippen LogP contribution in [0.4, 0.5) is 16.2 Å². The highest BCUT2D eigenvalue weighted by Gasteiger charge is 2.00. The lowest BCUT2D eigenvalue weighted by atomic mass is 10.2. The number of halogens is 1. The Morgan fingerprint density at radius 3 is 2.17 bits per heavy atom. The summed E-state index contributed by atoms with van der Waals surface area (Å²) in [7, 11) is 0. The fourth-order valence-corrected chi connectivity index (χ4v) is 2.24. The second-order valence-electron chi connectivity index (χ2n) is 4.71. The number of nitrogens with one attached hydrogen (secondary N) is 3. The molecule has 2 rings (SSSR count). The molecule has 5 nitrogen and oxygen atoms in total. The lowest BCUT2D eigenvalue weighted by Gasteiger charge is -2.06. The summed E-state index contributed by atoms with van der Waals surface area (Å²) in [6.07, 6.45) is 3.37. The predicted octanol–water partition coefficient (Wildman–Crippen LogP) is 4.20. The largest absolute Gasteiger partial charge is 0.326 e. The van der Waals surface area contributed by atoms with E-state index < -0.39 is 0 Å². The van der Waals surface area contributed by atoms with E-state index in [1.165, 1.54) is 6.92 Å². The van der Waals surface area contributed by atoms with Gasteiger partial charge in [-0.05, 0) is 42.0 Å². The zero-order chi connectivity index (χ0) is 16.7. The Balaban J connectivity index is 1.87. The van der Waals surface area contributed by atoms with Crippen molar-refractivity contribution in [3.8, 4) is 0 Å². The number of carbonyl (C=O) groups is 2. The van der Waals surface area contributed by atoms with Gasteiger partial charge in [0.05, 0.1) is 0 Å². The van der Waals surface area contributed by atoms with Crippen molar-refractivity contribution in [3.05, 3.63) is 64.8 Å². The molecular weight excluding hydrogens is 358 g/mol. The van der Waals surface area contributed by atoms with E-state index in [1.54, 1.807) is 36.5 Å². The van der Waals surface area contributed by atoms with Crippen molar-refractivity contribution in [2.75, 3.05) is 10.6 Å². The molecule has 118 valence electrons. The molecule has 2 aromatic rings. The van der Waals surface area contributed by atoms with Crippen LogP contribution in [-0.4, -0.2) is 11.9 Å². The lowest BCUT2D eigenvalue weighted by molar-refractivity contribution is -0.114. The second-order valence-corrected chi connectivity index (χ2v) is 5.57. The summed E-state index contributed by atoms with van der Waals surface area (Å²) in [6, 6.07) is 14.2. The van der Waals surface area contributed by atoms with Crippen LogP contribution in [0.5, 0.6) is 0 Å². The van der Waals surface area contributed by atoms with E-state index in [1.807, 2.05) is 24.3 Å². The van der Waals surface area contributed by atoms with E-state index in [-0.39, 0.29) is 11.9 Å². The van der Waals surface area contributed by atoms with Crippen LogP contribution < -0.4 is 16.0 Å². The molecule has 0 aliphatic heterocycles. The Hall–Kier alpha value is -2.60. The third-order valence-electron chi connectivity index (χ3n) is 2.85. The van der Waals surface area contributed by atoms with Gasteiger partial charge in [0.25, 0.3) is 0 Å². The smallest absolute Gasteiger partial charge is 0.323 e. The van der Waals surface area contributed by atoms with Gasteiger partial charge in [-0.1, -0.05) is 34.1 Å². The van der Waals surface area contributed by atoms with E-state index in [4.69, 9.17) is 0 Å². The number of hydrogen-bond donors (Lipinski definition) is 3. The first kappa shape index (κ1) is 16.8. The standard InChI is InChI=1S/C17H16BrN3O2/c1-12(22)20-14-6-8-15(9-7-14)21-17(23)19-11-10-13-4-2-3-5-16(13)18/h2-11H,1H3,(H,20,22)(H2,19,21,23)/b11-10+. The second kappa shape index (κ2) is 8.14. The molecule has 0 fully saturated rings. The van der Waals surface area contributed by atoms with Gasteiger partial charge in [0.15, 0.2) is 0 Å². The zero-order valence-electron chi connectivity index (χ0n) is 12.5. The molecule has 3 N–H and O–H groups in total. The van der Waals surface area contributed by atoms with Crippen molar-refractivity contribution in [3.63, 3.8) is 0 Å². The van der Waals surface area contributed by atoms with E-state index in [0.717, 1.165) is 10.0 Å². The summed E-state index contributed by atoms with van der Waals surface area (Å²) < 4.78 is 0.951. The quantitative estimate of drug-likeness (QED) is 0.751. The number of amides is 3. The predicted molar refractivity (Wildman–Crippen MR) is 96.1 cm³/mol. The fourth-order valence-electron chi connectivity index (χ4n) is 1.82. The molecule has 0 aliphatic rings. The number of anilines is 2. The third-order valence-corrected chi connectivity index (χ3v) is 3.57. The minimum absolute atomic E-state index is 0.138. The van der Waals surface area contributed by atoms with E-state index in [0.29, 0.717) is 11.4 Å². The van der Waals surface area contributed by atoms with Crippen molar-refractivity contribution < 1.29 is 9.59 Å². The van der Waals surface area contributed by atoms with Crippen LogP contribution in [0.2, 0.25) is 0 Å². The Bertz CT molecular complexity index is 727. The van der Waals surface area contributed by atoms with Crippen molar-refractivity contribution in [1.29, 1.82) is 0 Å². The van der Waals surface area contributed by atoms with Gasteiger partial charge >= 0.3 is 6.03 Å². The van der Waals surface area contributed by atoms with Gasteiger partial charge in [0.2, 0.25) is 5.91 Å². The third kappa shape index (κ3) is 5.60. The topological polar surface area (TPSA) is 70.2 Å². The molecule has 0 atom stereocenters. The number of rotatable bonds is 4. The van der Waals surface area contributed by atoms with Crippen molar-refractivity contribution >= 4 is 45.3 Å². The van der Waals surface area contributed by atoms with E-state index in [2.05, 4.69) is 31.9 Å². The molecular formula is C17H16BrN3O2. The Labute approximate surface area is 142 Å². The van der Waals surface area contributed by atoms with E-state index in [9.17, 15) is 9.59 Å². The number of hydrogen-bond acceptors (Lipinski definition) is 2. The maximum atomic E-state index is 11.8. The average Bonchev–Trinajstić information content (AvgIpc) is 2.51. The van der Waals surface area contributed by atoms with Gasteiger partial charge in [-0.25, -0.2) is 4.79 Å². The highest BCUT2D eigenvalue weighted by molar-refractivity contribution is 9.10. The van der Waals surface area contributed by atoms with Gasteiger partial charge in [0, 0.05) is 29.0 Å². The highest BCUT2D eigenvalue weighted by atomic mass is 79.9. The van der Waals surface area contributed by atoms with Gasteiger partial charge in [-0.3, -0.25) is 4.79 Å². The molecule has 0 heterocycles. The molecule has 0 saturated heterocycles. The number of benzene rings is 2. The summed E-state index contributed by atoms with van der Waals surface area (Å²) in [5, 5.41) is 7.99. The average molecular weight is 374 g/mol. The summed E-state index contributed by atoms with van der Waals surface area (Å²) >= 11 is 3.43. The van der Waals surface area contributed by atoms with Crippen molar-refractivity contribution in [1.82, 2.24) is 5.32 Å². The summed E-state index contributed by atoms with van der Waals surface area (Å²) in [4.78, 5) is 22.7. The fraction of sp³-hybridized carbons (Fsp3) is 0.0588. The minimum atomic E-state index is -0.347. The normalized spacial score (nSPS) is 10.3. The zero-order valence-corrected chi connectivity index (χ0v) is 14.1. The molecule has 6 heteroatoms. The van der Waals surface area contributed by atoms with Gasteiger partial charge in [-0.15, -0.1) is 0 Å². The van der Waals surface area contributed by atoms with Crippen molar-refractivity contribution in [2.24, 2.45) is 0 Å². The maximum absolute atomic E-state index is 11.8. The molecule has 2 aromatic carbocycles. The SMILES string of the molecule is CC(=O)Nc1ccc(NC(=O)N/C=C/c2ccccc2Br)cc1. The number of carbonyl (C=O) groups excluding carboxylic acids is 2. The van der Waals surface area contributed by atoms with Crippen LogP contribution in [0.25, 0.3) is 6.08 Å². The first-order valence-electron chi connectivity index (χ1n) is 6.91. The molecule has 0 saturated carbocycles. The van der Waals surface area contributed by atoms with Crippen LogP contribution in [0.3, 0.4) is 0 Å². The first-order valence-corrected chi connectivity index (χ1v) is 7.70. The van der Waals surface area contributed by atoms with Crippen molar-refractivity contribution in [2.45, 2.75) is 6.92 Å². The molecule has 23 heavy (non-hydrogen) atoms. The molecule has 3 amide bonds. The van der Waals surface area contributed by atoms with Gasteiger partial charge in [-0.2, -0.15) is 0 Å². The molecule has 0 bridgehead atoms. The highest BCUT2D eigenvalue weighted by Crippen LogP contribution is 2.17. The van der Waals surface area contributed by atoms with Crippen LogP contribution in [0.1, 0.15) is 12.5 Å². The van der Waals surface area contributed by atoms with Crippen LogP contribution in [-0.2, 0) is 4.79 Å². The molecule has 0 unspecified atom stereocenters. The summed E-state index contributed by atoms with van der Waals surface area (Å²) in [5.74, 6) is -0.138. The summed E-state index contributed by atoms with van der Waals surface area (Å²) in [6.45, 7) is 1.44. The Morgan fingerprint density at radius 2 is 1.57 bits per heavy atom. The Kier molecular flexibility index (Phi) is 5.94. The van der Waals surface area contributed by atoms with Crippen LogP contribution in [0.15, 0.2) is 59.2 Å². The van der Waals surface area contributed by atoms with Gasteiger partial charge < -0.3 is 16.0 Å². The Morgan fingerprint density at radius 1 is 0.957 bits per heavy atom. The first-order chi connectivity index (χ1) is 11.0. The maximum Gasteiger partial charge on any atom is 0.323 e. The molecule has 0 radical (unpaired) electrons. The van der Waals surface area contributed by atoms with Crippen LogP contribution >= 0.6 is 15.9 Å². The summed E-state index contributed by atoms with van der Waals surface area (Å²) in [5.41, 5.74) is 2.27. The monoisotopic (exact) mass is 373 g/mol. The number of urea groups is 1. The van der Waals surface area contributed by atoms with Gasteiger partial charge in [0.1, 0.15) is 0 Å².